The largest absolute Gasteiger partial charge is 0.459 e. The zero-order valence-electron chi connectivity index (χ0n) is 12.0. The second kappa shape index (κ2) is 4.80. The van der Waals surface area contributed by atoms with Crippen molar-refractivity contribution in [2.24, 2.45) is 11.8 Å². The standard InChI is InChI=1S/C16H21NO2/c1-10-9-11-7-5-6-8-12(11)14(17)13(10)15(18)19-16(2,3)4/h5-8,10,13,17H,9H2,1-4H3. The maximum Gasteiger partial charge on any atom is 0.315 e. The fourth-order valence-electron chi connectivity index (χ4n) is 2.59. The van der Waals surface area contributed by atoms with Gasteiger partial charge in [-0.3, -0.25) is 4.79 Å². The van der Waals surface area contributed by atoms with E-state index in [2.05, 4.69) is 0 Å². The summed E-state index contributed by atoms with van der Waals surface area (Å²) in [6, 6.07) is 7.84. The molecule has 0 heterocycles. The molecule has 0 fully saturated rings. The molecule has 1 aromatic carbocycles. The van der Waals surface area contributed by atoms with Gasteiger partial charge in [0, 0.05) is 0 Å². The van der Waals surface area contributed by atoms with Gasteiger partial charge in [0.1, 0.15) is 11.5 Å². The van der Waals surface area contributed by atoms with Crippen LogP contribution in [-0.4, -0.2) is 17.3 Å². The highest BCUT2D eigenvalue weighted by atomic mass is 16.6. The van der Waals surface area contributed by atoms with Crippen LogP contribution in [0.3, 0.4) is 0 Å². The normalized spacial score (nSPS) is 22.8. The van der Waals surface area contributed by atoms with Crippen molar-refractivity contribution in [3.63, 3.8) is 0 Å². The molecule has 0 amide bonds. The molecule has 0 radical (unpaired) electrons. The molecule has 3 heteroatoms. The first kappa shape index (κ1) is 13.8. The Morgan fingerprint density at radius 1 is 1.32 bits per heavy atom. The summed E-state index contributed by atoms with van der Waals surface area (Å²) in [6.07, 6.45) is 0.822. The van der Waals surface area contributed by atoms with Crippen LogP contribution in [0.25, 0.3) is 0 Å². The van der Waals surface area contributed by atoms with Crippen LogP contribution in [0.15, 0.2) is 24.3 Å². The molecule has 19 heavy (non-hydrogen) atoms. The van der Waals surface area contributed by atoms with E-state index in [0.29, 0.717) is 5.71 Å². The van der Waals surface area contributed by atoms with Gasteiger partial charge >= 0.3 is 5.97 Å². The molecule has 2 rings (SSSR count). The van der Waals surface area contributed by atoms with Gasteiger partial charge in [-0.2, -0.15) is 0 Å². The Balaban J connectivity index is 2.29. The number of carbonyl (C=O) groups excluding carboxylic acids is 1. The first-order valence-corrected chi connectivity index (χ1v) is 6.69. The minimum Gasteiger partial charge on any atom is -0.459 e. The van der Waals surface area contributed by atoms with Gasteiger partial charge in [0.05, 0.1) is 5.71 Å². The third-order valence-electron chi connectivity index (χ3n) is 3.39. The first-order chi connectivity index (χ1) is 8.79. The first-order valence-electron chi connectivity index (χ1n) is 6.69. The summed E-state index contributed by atoms with van der Waals surface area (Å²) in [4.78, 5) is 12.3. The molecular weight excluding hydrogens is 238 g/mol. The zero-order chi connectivity index (χ0) is 14.2. The molecule has 0 spiro atoms. The van der Waals surface area contributed by atoms with E-state index in [0.717, 1.165) is 17.5 Å². The minimum atomic E-state index is -0.506. The Labute approximate surface area is 114 Å². The van der Waals surface area contributed by atoms with Crippen LogP contribution < -0.4 is 0 Å². The predicted molar refractivity (Wildman–Crippen MR) is 75.5 cm³/mol. The van der Waals surface area contributed by atoms with Crippen molar-refractivity contribution in [3.05, 3.63) is 35.4 Å². The number of carbonyl (C=O) groups is 1. The number of hydrogen-bond donors (Lipinski definition) is 1. The van der Waals surface area contributed by atoms with Gasteiger partial charge in [0.25, 0.3) is 0 Å². The number of rotatable bonds is 1. The van der Waals surface area contributed by atoms with Crippen LogP contribution in [0.4, 0.5) is 0 Å². The van der Waals surface area contributed by atoms with Crippen molar-refractivity contribution >= 4 is 11.7 Å². The van der Waals surface area contributed by atoms with Crippen molar-refractivity contribution < 1.29 is 9.53 Å². The molecule has 1 aliphatic rings. The van der Waals surface area contributed by atoms with Crippen molar-refractivity contribution in [2.75, 3.05) is 0 Å². The lowest BCUT2D eigenvalue weighted by atomic mass is 9.75. The number of esters is 1. The van der Waals surface area contributed by atoms with Crippen molar-refractivity contribution in [1.82, 2.24) is 0 Å². The average Bonchev–Trinajstić information content (AvgIpc) is 2.26. The third-order valence-corrected chi connectivity index (χ3v) is 3.39. The third kappa shape index (κ3) is 2.86. The summed E-state index contributed by atoms with van der Waals surface area (Å²) < 4.78 is 5.45. The van der Waals surface area contributed by atoms with Gasteiger partial charge in [0.2, 0.25) is 0 Å². The van der Waals surface area contributed by atoms with Gasteiger partial charge in [-0.05, 0) is 44.2 Å². The predicted octanol–water partition coefficient (Wildman–Crippen LogP) is 3.20. The number of ether oxygens (including phenoxy) is 1. The van der Waals surface area contributed by atoms with Gasteiger partial charge in [-0.1, -0.05) is 31.2 Å². The molecule has 2 atom stereocenters. The molecule has 0 saturated carbocycles. The number of nitrogens with one attached hydrogen (secondary N) is 1. The quantitative estimate of drug-likeness (QED) is 0.787. The highest BCUT2D eigenvalue weighted by Crippen LogP contribution is 2.31. The van der Waals surface area contributed by atoms with Gasteiger partial charge in [-0.15, -0.1) is 0 Å². The van der Waals surface area contributed by atoms with Gasteiger partial charge < -0.3 is 10.1 Å². The highest BCUT2D eigenvalue weighted by molar-refractivity contribution is 6.12. The SMILES string of the molecule is CC1Cc2ccccc2C(=N)C1C(=O)OC(C)(C)C. The summed E-state index contributed by atoms with van der Waals surface area (Å²) in [5.74, 6) is -0.620. The summed E-state index contributed by atoms with van der Waals surface area (Å²) in [7, 11) is 0. The lowest BCUT2D eigenvalue weighted by molar-refractivity contribution is -0.158. The smallest absolute Gasteiger partial charge is 0.315 e. The number of fused-ring (bicyclic) bond motifs is 1. The van der Waals surface area contributed by atoms with Crippen LogP contribution in [0.5, 0.6) is 0 Å². The summed E-state index contributed by atoms with van der Waals surface area (Å²) >= 11 is 0. The Kier molecular flexibility index (Phi) is 3.48. The Morgan fingerprint density at radius 3 is 2.58 bits per heavy atom. The molecule has 3 nitrogen and oxygen atoms in total. The van der Waals surface area contributed by atoms with Gasteiger partial charge in [-0.25, -0.2) is 0 Å². The topological polar surface area (TPSA) is 50.2 Å². The monoisotopic (exact) mass is 259 g/mol. The Bertz CT molecular complexity index is 514. The molecule has 0 bridgehead atoms. The summed E-state index contributed by atoms with van der Waals surface area (Å²) in [5, 5.41) is 8.30. The molecule has 2 unspecified atom stereocenters. The Hall–Kier alpha value is -1.64. The van der Waals surface area contributed by atoms with E-state index in [1.165, 1.54) is 0 Å². The average molecular weight is 259 g/mol. The summed E-state index contributed by atoms with van der Waals surface area (Å²) in [5.41, 5.74) is 1.92. The van der Waals surface area contributed by atoms with Crippen LogP contribution in [0.1, 0.15) is 38.8 Å². The fraction of sp³-hybridized carbons (Fsp3) is 0.500. The van der Waals surface area contributed by atoms with Crippen LogP contribution >= 0.6 is 0 Å². The number of hydrogen-bond acceptors (Lipinski definition) is 3. The molecule has 102 valence electrons. The minimum absolute atomic E-state index is 0.109. The Morgan fingerprint density at radius 2 is 1.95 bits per heavy atom. The molecular formula is C16H21NO2. The summed E-state index contributed by atoms with van der Waals surface area (Å²) in [6.45, 7) is 7.58. The van der Waals surface area contributed by atoms with Crippen molar-refractivity contribution in [2.45, 2.75) is 39.7 Å². The molecule has 0 aromatic heterocycles. The van der Waals surface area contributed by atoms with E-state index in [4.69, 9.17) is 10.1 Å². The molecule has 1 aliphatic carbocycles. The van der Waals surface area contributed by atoms with Crippen molar-refractivity contribution in [3.8, 4) is 0 Å². The van der Waals surface area contributed by atoms with E-state index in [1.807, 2.05) is 52.0 Å². The van der Waals surface area contributed by atoms with E-state index in [9.17, 15) is 4.79 Å². The molecule has 0 aliphatic heterocycles. The molecule has 1 N–H and O–H groups in total. The van der Waals surface area contributed by atoms with E-state index >= 15 is 0 Å². The van der Waals surface area contributed by atoms with Crippen molar-refractivity contribution in [1.29, 1.82) is 5.41 Å². The fourth-order valence-corrected chi connectivity index (χ4v) is 2.59. The van der Waals surface area contributed by atoms with Crippen LogP contribution in [0.2, 0.25) is 0 Å². The number of benzene rings is 1. The molecule has 0 saturated heterocycles. The molecule has 1 aromatic rings. The van der Waals surface area contributed by atoms with Gasteiger partial charge in [0.15, 0.2) is 0 Å². The lowest BCUT2D eigenvalue weighted by Gasteiger charge is -2.32. The zero-order valence-corrected chi connectivity index (χ0v) is 12.0. The lowest BCUT2D eigenvalue weighted by Crippen LogP contribution is -2.39. The highest BCUT2D eigenvalue weighted by Gasteiger charge is 2.37. The maximum atomic E-state index is 12.3. The van der Waals surface area contributed by atoms with E-state index in [-0.39, 0.29) is 11.9 Å². The second-order valence-corrected chi connectivity index (χ2v) is 6.26. The van der Waals surface area contributed by atoms with Crippen LogP contribution in [-0.2, 0) is 16.0 Å². The van der Waals surface area contributed by atoms with E-state index in [1.54, 1.807) is 0 Å². The maximum absolute atomic E-state index is 12.3. The van der Waals surface area contributed by atoms with Crippen LogP contribution in [0, 0.1) is 17.2 Å². The van der Waals surface area contributed by atoms with E-state index < -0.39 is 11.5 Å². The second-order valence-electron chi connectivity index (χ2n) is 6.26.